The molecule has 0 aliphatic rings. The van der Waals surface area contributed by atoms with Gasteiger partial charge in [0.1, 0.15) is 11.5 Å². The molecule has 0 bridgehead atoms. The van der Waals surface area contributed by atoms with E-state index in [0.717, 1.165) is 33.4 Å². The fourth-order valence-corrected chi connectivity index (χ4v) is 4.92. The van der Waals surface area contributed by atoms with Crippen molar-refractivity contribution in [3.63, 3.8) is 0 Å². The first kappa shape index (κ1) is 42.3. The molecule has 2 N–H and O–H groups in total. The van der Waals surface area contributed by atoms with Gasteiger partial charge in [-0.25, -0.2) is 0 Å². The standard InChI is InChI=1S/2C19H30O3.H2S/c2*1-8-22-16(20)10-9-13-11-14(18(2,3)4)17(21)15(12-13)19(5,6)7;/h2*11-12,21H,8-10H2,1-7H3;1H2. The summed E-state index contributed by atoms with van der Waals surface area (Å²) in [7, 11) is 0. The van der Waals surface area contributed by atoms with Gasteiger partial charge < -0.3 is 19.7 Å². The van der Waals surface area contributed by atoms with Crippen LogP contribution in [-0.2, 0) is 53.6 Å². The molecule has 2 aromatic rings. The van der Waals surface area contributed by atoms with Gasteiger partial charge in [0, 0.05) is 12.8 Å². The van der Waals surface area contributed by atoms with Crippen molar-refractivity contribution in [1.29, 1.82) is 0 Å². The molecule has 0 atom stereocenters. The van der Waals surface area contributed by atoms with E-state index >= 15 is 0 Å². The molecule has 0 aliphatic heterocycles. The van der Waals surface area contributed by atoms with Crippen molar-refractivity contribution in [3.05, 3.63) is 57.6 Å². The number of phenols is 2. The van der Waals surface area contributed by atoms with Gasteiger partial charge in [0.05, 0.1) is 13.2 Å². The van der Waals surface area contributed by atoms with Crippen LogP contribution in [0.3, 0.4) is 0 Å². The first-order valence-corrected chi connectivity index (χ1v) is 16.0. The van der Waals surface area contributed by atoms with Crippen LogP contribution >= 0.6 is 13.5 Å². The third kappa shape index (κ3) is 13.3. The number of rotatable bonds is 8. The normalized spacial score (nSPS) is 12.0. The van der Waals surface area contributed by atoms with E-state index in [0.29, 0.717) is 50.4 Å². The summed E-state index contributed by atoms with van der Waals surface area (Å²) in [6.07, 6.45) is 1.99. The second-order valence-corrected chi connectivity index (χ2v) is 15.7. The molecule has 0 amide bonds. The lowest BCUT2D eigenvalue weighted by Crippen LogP contribution is -2.18. The lowest BCUT2D eigenvalue weighted by molar-refractivity contribution is -0.144. The second-order valence-electron chi connectivity index (χ2n) is 15.7. The van der Waals surface area contributed by atoms with Crippen LogP contribution in [0.25, 0.3) is 0 Å². The first-order valence-electron chi connectivity index (χ1n) is 16.0. The minimum Gasteiger partial charge on any atom is -0.507 e. The average Bonchev–Trinajstić information content (AvgIpc) is 2.85. The van der Waals surface area contributed by atoms with Crippen molar-refractivity contribution in [2.24, 2.45) is 0 Å². The molecule has 0 aromatic heterocycles. The van der Waals surface area contributed by atoms with Crippen LogP contribution in [0, 0.1) is 0 Å². The summed E-state index contributed by atoms with van der Waals surface area (Å²) in [6, 6.07) is 8.07. The van der Waals surface area contributed by atoms with Crippen molar-refractivity contribution < 1.29 is 29.3 Å². The Morgan fingerprint density at radius 2 is 0.756 bits per heavy atom. The molecule has 0 fully saturated rings. The quantitative estimate of drug-likeness (QED) is 0.278. The van der Waals surface area contributed by atoms with Crippen LogP contribution in [0.15, 0.2) is 24.3 Å². The van der Waals surface area contributed by atoms with Gasteiger partial charge in [-0.3, -0.25) is 9.59 Å². The fourth-order valence-electron chi connectivity index (χ4n) is 4.92. The number of aromatic hydroxyl groups is 2. The number of phenolic OH excluding ortho intramolecular Hbond substituents is 2. The maximum Gasteiger partial charge on any atom is 0.306 e. The highest BCUT2D eigenvalue weighted by atomic mass is 32.1. The van der Waals surface area contributed by atoms with Crippen LogP contribution in [0.2, 0.25) is 0 Å². The fraction of sp³-hybridized carbons (Fsp3) is 0.632. The summed E-state index contributed by atoms with van der Waals surface area (Å²) in [4.78, 5) is 23.2. The molecule has 7 heteroatoms. The maximum atomic E-state index is 11.6. The zero-order chi connectivity index (χ0) is 34.3. The van der Waals surface area contributed by atoms with Crippen molar-refractivity contribution in [3.8, 4) is 11.5 Å². The van der Waals surface area contributed by atoms with Gasteiger partial charge >= 0.3 is 11.9 Å². The number of benzene rings is 2. The largest absolute Gasteiger partial charge is 0.507 e. The molecule has 2 rings (SSSR count). The van der Waals surface area contributed by atoms with E-state index in [4.69, 9.17) is 9.47 Å². The highest BCUT2D eigenvalue weighted by Gasteiger charge is 2.28. The van der Waals surface area contributed by atoms with E-state index in [1.165, 1.54) is 0 Å². The molecule has 0 unspecified atom stereocenters. The van der Waals surface area contributed by atoms with Crippen LogP contribution in [-0.4, -0.2) is 35.4 Å². The van der Waals surface area contributed by atoms with E-state index in [2.05, 4.69) is 83.1 Å². The van der Waals surface area contributed by atoms with Crippen LogP contribution in [0.1, 0.15) is 143 Å². The zero-order valence-electron chi connectivity index (χ0n) is 30.6. The third-order valence-corrected chi connectivity index (χ3v) is 7.42. The Morgan fingerprint density at radius 3 is 0.933 bits per heavy atom. The lowest BCUT2D eigenvalue weighted by atomic mass is 9.78. The van der Waals surface area contributed by atoms with Crippen LogP contribution in [0.4, 0.5) is 0 Å². The summed E-state index contributed by atoms with van der Waals surface area (Å²) in [5.74, 6) is 0.398. The van der Waals surface area contributed by atoms with Gasteiger partial charge in [0.2, 0.25) is 0 Å². The SMILES string of the molecule is CCOC(=O)CCc1cc(C(C)(C)C)c(O)c(C(C)(C)C)c1.CCOC(=O)CCc1cc(C(C)(C)C)c(O)c(C(C)(C)C)c1.S. The number of hydrogen-bond acceptors (Lipinski definition) is 6. The molecular formula is C38H62O6S. The van der Waals surface area contributed by atoms with E-state index < -0.39 is 0 Å². The van der Waals surface area contributed by atoms with E-state index in [1.54, 1.807) is 0 Å². The highest BCUT2D eigenvalue weighted by Crippen LogP contribution is 2.41. The Balaban J connectivity index is 0.000000842. The molecule has 0 radical (unpaired) electrons. The summed E-state index contributed by atoms with van der Waals surface area (Å²) in [5, 5.41) is 21.3. The molecular weight excluding hydrogens is 584 g/mol. The lowest BCUT2D eigenvalue weighted by Gasteiger charge is -2.28. The molecule has 0 saturated heterocycles. The van der Waals surface area contributed by atoms with Crippen LogP contribution < -0.4 is 0 Å². The average molecular weight is 647 g/mol. The monoisotopic (exact) mass is 646 g/mol. The summed E-state index contributed by atoms with van der Waals surface area (Å²) < 4.78 is 9.99. The smallest absolute Gasteiger partial charge is 0.306 e. The first-order chi connectivity index (χ1) is 19.9. The summed E-state index contributed by atoms with van der Waals surface area (Å²) >= 11 is 0. The van der Waals surface area contributed by atoms with Gasteiger partial charge in [0.15, 0.2) is 0 Å². The predicted molar refractivity (Wildman–Crippen MR) is 191 cm³/mol. The Bertz CT molecular complexity index is 1100. The second kappa shape index (κ2) is 16.8. The van der Waals surface area contributed by atoms with Crippen molar-refractivity contribution in [1.82, 2.24) is 0 Å². The Kier molecular flexibility index (Phi) is 15.8. The van der Waals surface area contributed by atoms with Gasteiger partial charge in [0.25, 0.3) is 0 Å². The molecule has 0 aliphatic carbocycles. The molecule has 45 heavy (non-hydrogen) atoms. The van der Waals surface area contributed by atoms with Crippen LogP contribution in [0.5, 0.6) is 11.5 Å². The van der Waals surface area contributed by atoms with E-state index in [1.807, 2.05) is 38.1 Å². The number of esters is 2. The van der Waals surface area contributed by atoms with Crippen molar-refractivity contribution in [2.75, 3.05) is 13.2 Å². The Labute approximate surface area is 280 Å². The van der Waals surface area contributed by atoms with E-state index in [9.17, 15) is 19.8 Å². The number of carbonyl (C=O) groups is 2. The van der Waals surface area contributed by atoms with Gasteiger partial charge in [-0.2, -0.15) is 13.5 Å². The number of aryl methyl sites for hydroxylation is 2. The Morgan fingerprint density at radius 1 is 0.533 bits per heavy atom. The molecule has 2 aromatic carbocycles. The molecule has 6 nitrogen and oxygen atoms in total. The third-order valence-electron chi connectivity index (χ3n) is 7.42. The summed E-state index contributed by atoms with van der Waals surface area (Å²) in [6.45, 7) is 29.5. The number of ether oxygens (including phenoxy) is 2. The van der Waals surface area contributed by atoms with Crippen molar-refractivity contribution in [2.45, 2.75) is 144 Å². The van der Waals surface area contributed by atoms with Crippen molar-refractivity contribution >= 4 is 25.4 Å². The molecule has 0 saturated carbocycles. The molecule has 256 valence electrons. The predicted octanol–water partition coefficient (Wildman–Crippen LogP) is 9.08. The Hall–Kier alpha value is -2.67. The van der Waals surface area contributed by atoms with E-state index in [-0.39, 0.29) is 47.1 Å². The zero-order valence-corrected chi connectivity index (χ0v) is 31.6. The number of hydrogen-bond donors (Lipinski definition) is 2. The van der Waals surface area contributed by atoms with Gasteiger partial charge in [-0.15, -0.1) is 0 Å². The molecule has 0 spiro atoms. The number of carbonyl (C=O) groups excluding carboxylic acids is 2. The van der Waals surface area contributed by atoms with Gasteiger partial charge in [-0.05, 0) is 81.7 Å². The minimum atomic E-state index is -0.176. The summed E-state index contributed by atoms with van der Waals surface area (Å²) in [5.41, 5.74) is 5.26. The minimum absolute atomic E-state index is 0. The molecule has 0 heterocycles. The maximum absolute atomic E-state index is 11.6. The van der Waals surface area contributed by atoms with Gasteiger partial charge in [-0.1, -0.05) is 107 Å². The topological polar surface area (TPSA) is 93.1 Å². The highest BCUT2D eigenvalue weighted by molar-refractivity contribution is 7.59.